The zero-order chi connectivity index (χ0) is 17.6. The first kappa shape index (κ1) is 16.9. The van der Waals surface area contributed by atoms with E-state index >= 15 is 0 Å². The van der Waals surface area contributed by atoms with Crippen molar-refractivity contribution in [3.05, 3.63) is 71.8 Å². The average molecular weight is 337 g/mol. The highest BCUT2D eigenvalue weighted by Crippen LogP contribution is 2.24. The van der Waals surface area contributed by atoms with Crippen LogP contribution in [0.5, 0.6) is 0 Å². The minimum Gasteiger partial charge on any atom is -0.460 e. The third-order valence-corrected chi connectivity index (χ3v) is 4.30. The molecule has 0 spiro atoms. The zero-order valence-electron chi connectivity index (χ0n) is 13.7. The molecule has 1 fully saturated rings. The van der Waals surface area contributed by atoms with Crippen LogP contribution < -0.4 is 5.32 Å². The molecular weight excluding hydrogens is 318 g/mol. The summed E-state index contributed by atoms with van der Waals surface area (Å²) in [6.07, 6.45) is 0.323. The van der Waals surface area contributed by atoms with Gasteiger partial charge in [0, 0.05) is 0 Å². The molecule has 5 nitrogen and oxygen atoms in total. The van der Waals surface area contributed by atoms with Gasteiger partial charge in [0.05, 0.1) is 12.5 Å². The van der Waals surface area contributed by atoms with Crippen LogP contribution >= 0.6 is 0 Å². The highest BCUT2D eigenvalue weighted by Gasteiger charge is 2.43. The summed E-state index contributed by atoms with van der Waals surface area (Å²) in [7, 11) is 0. The van der Waals surface area contributed by atoms with E-state index in [4.69, 9.17) is 4.74 Å². The Balaban J connectivity index is 1.73. The number of rotatable bonds is 5. The van der Waals surface area contributed by atoms with Gasteiger partial charge in [0.25, 0.3) is 0 Å². The van der Waals surface area contributed by atoms with Crippen LogP contribution in [-0.2, 0) is 32.1 Å². The standard InChI is InChI=1S/C20H19NO4/c22-17-12-21-19(23)16(11-14-7-3-1-4-8-14)18(17)20(24)25-13-15-9-5-2-6-10-15/h1-10,16,18H,11-13H2,(H,21,23). The summed E-state index contributed by atoms with van der Waals surface area (Å²) in [5.41, 5.74) is 1.74. The lowest BCUT2D eigenvalue weighted by Crippen LogP contribution is -2.52. The van der Waals surface area contributed by atoms with Crippen LogP contribution in [0.4, 0.5) is 0 Å². The fourth-order valence-electron chi connectivity index (χ4n) is 2.98. The van der Waals surface area contributed by atoms with Gasteiger partial charge in [0.1, 0.15) is 12.5 Å². The minimum atomic E-state index is -1.06. The zero-order valence-corrected chi connectivity index (χ0v) is 13.7. The Morgan fingerprint density at radius 1 is 0.960 bits per heavy atom. The largest absolute Gasteiger partial charge is 0.460 e. The van der Waals surface area contributed by atoms with Gasteiger partial charge in [-0.2, -0.15) is 0 Å². The molecule has 128 valence electrons. The summed E-state index contributed by atoms with van der Waals surface area (Å²) in [6, 6.07) is 18.6. The van der Waals surface area contributed by atoms with E-state index in [1.807, 2.05) is 60.7 Å². The normalized spacial score (nSPS) is 20.0. The van der Waals surface area contributed by atoms with Gasteiger partial charge in [-0.15, -0.1) is 0 Å². The lowest BCUT2D eigenvalue weighted by molar-refractivity contribution is -0.160. The van der Waals surface area contributed by atoms with Crippen LogP contribution in [0.2, 0.25) is 0 Å². The number of hydrogen-bond acceptors (Lipinski definition) is 4. The van der Waals surface area contributed by atoms with Crippen molar-refractivity contribution in [2.75, 3.05) is 6.54 Å². The summed E-state index contributed by atoms with van der Waals surface area (Å²) in [5, 5.41) is 2.56. The van der Waals surface area contributed by atoms with Crippen LogP contribution in [0.1, 0.15) is 11.1 Å². The van der Waals surface area contributed by atoms with Crippen molar-refractivity contribution in [1.29, 1.82) is 0 Å². The quantitative estimate of drug-likeness (QED) is 0.668. The van der Waals surface area contributed by atoms with Gasteiger partial charge in [-0.3, -0.25) is 14.4 Å². The Morgan fingerprint density at radius 3 is 2.20 bits per heavy atom. The fraction of sp³-hybridized carbons (Fsp3) is 0.250. The topological polar surface area (TPSA) is 72.5 Å². The van der Waals surface area contributed by atoms with Crippen molar-refractivity contribution in [2.24, 2.45) is 11.8 Å². The second-order valence-electron chi connectivity index (χ2n) is 6.05. The van der Waals surface area contributed by atoms with Crippen molar-refractivity contribution in [2.45, 2.75) is 13.0 Å². The van der Waals surface area contributed by atoms with Crippen molar-refractivity contribution < 1.29 is 19.1 Å². The second kappa shape index (κ2) is 7.75. The van der Waals surface area contributed by atoms with E-state index < -0.39 is 17.8 Å². The third-order valence-electron chi connectivity index (χ3n) is 4.30. The molecule has 0 aliphatic carbocycles. The van der Waals surface area contributed by atoms with E-state index in [9.17, 15) is 14.4 Å². The molecule has 2 atom stereocenters. The molecule has 25 heavy (non-hydrogen) atoms. The smallest absolute Gasteiger partial charge is 0.317 e. The number of Topliss-reactive ketones (excluding diaryl/α,β-unsaturated/α-hetero) is 1. The van der Waals surface area contributed by atoms with Gasteiger partial charge in [-0.05, 0) is 17.5 Å². The highest BCUT2D eigenvalue weighted by atomic mass is 16.5. The summed E-state index contributed by atoms with van der Waals surface area (Å²) < 4.78 is 5.31. The molecule has 1 N–H and O–H groups in total. The van der Waals surface area contributed by atoms with Crippen LogP contribution in [0.3, 0.4) is 0 Å². The molecule has 2 aromatic rings. The molecular formula is C20H19NO4. The molecule has 1 amide bonds. The van der Waals surface area contributed by atoms with E-state index in [2.05, 4.69) is 5.32 Å². The maximum Gasteiger partial charge on any atom is 0.317 e. The number of carbonyl (C=O) groups is 3. The van der Waals surface area contributed by atoms with Crippen LogP contribution in [0.15, 0.2) is 60.7 Å². The molecule has 0 aromatic heterocycles. The predicted molar refractivity (Wildman–Crippen MR) is 91.4 cm³/mol. The number of esters is 1. The number of nitrogens with one attached hydrogen (secondary N) is 1. The predicted octanol–water partition coefficient (Wildman–Crippen LogP) is 1.90. The van der Waals surface area contributed by atoms with Gasteiger partial charge in [0.2, 0.25) is 5.91 Å². The monoisotopic (exact) mass is 337 g/mol. The third kappa shape index (κ3) is 4.12. The Labute approximate surface area is 146 Å². The molecule has 0 radical (unpaired) electrons. The average Bonchev–Trinajstić information content (AvgIpc) is 2.65. The number of ether oxygens (including phenoxy) is 1. The highest BCUT2D eigenvalue weighted by molar-refractivity contribution is 6.07. The summed E-state index contributed by atoms with van der Waals surface area (Å²) in [5.74, 6) is -3.03. The number of carbonyl (C=O) groups excluding carboxylic acids is 3. The Morgan fingerprint density at radius 2 is 1.56 bits per heavy atom. The first-order valence-electron chi connectivity index (χ1n) is 8.20. The van der Waals surface area contributed by atoms with Gasteiger partial charge >= 0.3 is 5.97 Å². The van der Waals surface area contributed by atoms with Crippen LogP contribution in [0, 0.1) is 11.8 Å². The first-order chi connectivity index (χ1) is 12.1. The lowest BCUT2D eigenvalue weighted by Gasteiger charge is -2.28. The Bertz CT molecular complexity index is 758. The number of hydrogen-bond donors (Lipinski definition) is 1. The van der Waals surface area contributed by atoms with E-state index in [0.29, 0.717) is 6.42 Å². The number of amides is 1. The van der Waals surface area contributed by atoms with Crippen molar-refractivity contribution in [3.63, 3.8) is 0 Å². The molecule has 2 aromatic carbocycles. The summed E-state index contributed by atoms with van der Waals surface area (Å²) in [6.45, 7) is -0.0433. The Kier molecular flexibility index (Phi) is 5.23. The molecule has 1 heterocycles. The van der Waals surface area contributed by atoms with E-state index in [1.54, 1.807) is 0 Å². The molecule has 5 heteroatoms. The lowest BCUT2D eigenvalue weighted by atomic mass is 9.81. The molecule has 1 saturated heterocycles. The van der Waals surface area contributed by atoms with Gasteiger partial charge < -0.3 is 10.1 Å². The maximum atomic E-state index is 12.5. The van der Waals surface area contributed by atoms with Crippen molar-refractivity contribution in [3.8, 4) is 0 Å². The maximum absolute atomic E-state index is 12.5. The first-order valence-corrected chi connectivity index (χ1v) is 8.20. The van der Waals surface area contributed by atoms with Crippen LogP contribution in [-0.4, -0.2) is 24.2 Å². The van der Waals surface area contributed by atoms with Gasteiger partial charge in [0.15, 0.2) is 5.78 Å². The number of benzene rings is 2. The molecule has 0 saturated carbocycles. The molecule has 1 aliphatic heterocycles. The summed E-state index contributed by atoms with van der Waals surface area (Å²) in [4.78, 5) is 37.0. The number of piperidine rings is 1. The van der Waals surface area contributed by atoms with Crippen molar-refractivity contribution >= 4 is 17.7 Å². The van der Waals surface area contributed by atoms with Gasteiger partial charge in [-0.25, -0.2) is 0 Å². The number of ketones is 1. The molecule has 3 rings (SSSR count). The molecule has 1 aliphatic rings. The van der Waals surface area contributed by atoms with E-state index in [1.165, 1.54) is 0 Å². The Hall–Kier alpha value is -2.95. The minimum absolute atomic E-state index is 0.0864. The van der Waals surface area contributed by atoms with E-state index in [-0.39, 0.29) is 24.8 Å². The summed E-state index contributed by atoms with van der Waals surface area (Å²) >= 11 is 0. The second-order valence-corrected chi connectivity index (χ2v) is 6.05. The molecule has 2 unspecified atom stereocenters. The van der Waals surface area contributed by atoms with Crippen LogP contribution in [0.25, 0.3) is 0 Å². The SMILES string of the molecule is O=C1NCC(=O)C(C(=O)OCc2ccccc2)C1Cc1ccccc1. The fourth-order valence-corrected chi connectivity index (χ4v) is 2.98. The van der Waals surface area contributed by atoms with Crippen molar-refractivity contribution in [1.82, 2.24) is 5.32 Å². The molecule has 0 bridgehead atoms. The van der Waals surface area contributed by atoms with Gasteiger partial charge in [-0.1, -0.05) is 60.7 Å². The van der Waals surface area contributed by atoms with E-state index in [0.717, 1.165) is 11.1 Å².